The minimum Gasteiger partial charge on any atom is -0.490 e. The Balaban J connectivity index is 2.44. The van der Waals surface area contributed by atoms with E-state index in [4.69, 9.17) is 21.1 Å². The summed E-state index contributed by atoms with van der Waals surface area (Å²) in [6.45, 7) is 6.88. The molecule has 0 saturated heterocycles. The Bertz CT molecular complexity index is 383. The molecule has 0 fully saturated rings. The second-order valence-corrected chi connectivity index (χ2v) is 5.02. The normalized spacial score (nSPS) is 11.3. The molecule has 0 saturated carbocycles. The average molecular weight is 257 g/mol. The van der Waals surface area contributed by atoms with Crippen molar-refractivity contribution in [3.05, 3.63) is 28.8 Å². The average Bonchev–Trinajstić information content (AvgIpc) is 2.24. The van der Waals surface area contributed by atoms with Crippen LogP contribution in [0.15, 0.2) is 18.2 Å². The molecule has 3 nitrogen and oxygen atoms in total. The molecule has 94 valence electrons. The molecule has 0 aliphatic rings. The van der Waals surface area contributed by atoms with Gasteiger partial charge in [0, 0.05) is 5.56 Å². The van der Waals surface area contributed by atoms with Crippen molar-refractivity contribution < 1.29 is 14.3 Å². The molecule has 0 atom stereocenters. The van der Waals surface area contributed by atoms with Gasteiger partial charge < -0.3 is 9.47 Å². The number of carbonyl (C=O) groups excluding carboxylic acids is 1. The summed E-state index contributed by atoms with van der Waals surface area (Å²) in [5, 5.41) is 0.436. The van der Waals surface area contributed by atoms with E-state index in [-0.39, 0.29) is 5.60 Å². The molecular formula is C13H17ClO3. The zero-order valence-electron chi connectivity index (χ0n) is 10.3. The second kappa shape index (κ2) is 6.03. The van der Waals surface area contributed by atoms with Gasteiger partial charge in [-0.1, -0.05) is 11.6 Å². The fraction of sp³-hybridized carbons (Fsp3) is 0.462. The fourth-order valence-electron chi connectivity index (χ4n) is 1.21. The lowest BCUT2D eigenvalue weighted by molar-refractivity contribution is -0.0162. The van der Waals surface area contributed by atoms with Gasteiger partial charge in [-0.25, -0.2) is 0 Å². The van der Waals surface area contributed by atoms with Crippen LogP contribution in [-0.2, 0) is 4.74 Å². The minimum absolute atomic E-state index is 0.172. The first-order valence-corrected chi connectivity index (χ1v) is 5.81. The van der Waals surface area contributed by atoms with E-state index in [1.54, 1.807) is 18.2 Å². The van der Waals surface area contributed by atoms with Crippen molar-refractivity contribution in [2.75, 3.05) is 13.2 Å². The summed E-state index contributed by atoms with van der Waals surface area (Å²) in [5.74, 6) is 0.565. The van der Waals surface area contributed by atoms with Gasteiger partial charge in [0.1, 0.15) is 18.6 Å². The monoisotopic (exact) mass is 256 g/mol. The molecule has 0 heterocycles. The molecule has 0 radical (unpaired) electrons. The van der Waals surface area contributed by atoms with Gasteiger partial charge in [-0.3, -0.25) is 4.79 Å². The Kier molecular flexibility index (Phi) is 4.97. The molecule has 0 bridgehead atoms. The quantitative estimate of drug-likeness (QED) is 0.599. The second-order valence-electron chi connectivity index (χ2n) is 4.62. The summed E-state index contributed by atoms with van der Waals surface area (Å²) in [7, 11) is 0. The van der Waals surface area contributed by atoms with E-state index in [0.717, 1.165) is 6.29 Å². The Morgan fingerprint density at radius 1 is 1.29 bits per heavy atom. The number of hydrogen-bond acceptors (Lipinski definition) is 3. The number of ether oxygens (including phenoxy) is 2. The van der Waals surface area contributed by atoms with Crippen molar-refractivity contribution in [3.8, 4) is 5.75 Å². The first kappa shape index (κ1) is 14.0. The lowest BCUT2D eigenvalue weighted by Crippen LogP contribution is -2.22. The van der Waals surface area contributed by atoms with Gasteiger partial charge in [0.15, 0.2) is 0 Å². The maximum Gasteiger partial charge on any atom is 0.150 e. The van der Waals surface area contributed by atoms with Gasteiger partial charge in [-0.2, -0.15) is 0 Å². The van der Waals surface area contributed by atoms with E-state index in [1.165, 1.54) is 0 Å². The standard InChI is InChI=1S/C13H17ClO3/c1-13(2,3)17-7-6-16-12-5-4-10(9-15)8-11(12)14/h4-5,8-9H,6-7H2,1-3H3. The molecule has 0 N–H and O–H groups in total. The third kappa shape index (κ3) is 5.20. The van der Waals surface area contributed by atoms with Crippen LogP contribution in [0.5, 0.6) is 5.75 Å². The molecule has 1 rings (SSSR count). The Labute approximate surface area is 107 Å². The van der Waals surface area contributed by atoms with E-state index in [0.29, 0.717) is 29.5 Å². The molecule has 0 unspecified atom stereocenters. The third-order valence-electron chi connectivity index (χ3n) is 1.97. The van der Waals surface area contributed by atoms with Crippen molar-refractivity contribution in [2.24, 2.45) is 0 Å². The molecule has 4 heteroatoms. The minimum atomic E-state index is -0.172. The van der Waals surface area contributed by atoms with Crippen LogP contribution in [0, 0.1) is 0 Å². The zero-order chi connectivity index (χ0) is 12.9. The lowest BCUT2D eigenvalue weighted by Gasteiger charge is -2.19. The molecule has 17 heavy (non-hydrogen) atoms. The highest BCUT2D eigenvalue weighted by Gasteiger charge is 2.09. The van der Waals surface area contributed by atoms with Crippen molar-refractivity contribution >= 4 is 17.9 Å². The van der Waals surface area contributed by atoms with E-state index >= 15 is 0 Å². The van der Waals surface area contributed by atoms with E-state index in [1.807, 2.05) is 20.8 Å². The van der Waals surface area contributed by atoms with Crippen molar-refractivity contribution in [1.82, 2.24) is 0 Å². The number of aldehydes is 1. The van der Waals surface area contributed by atoms with Gasteiger partial charge >= 0.3 is 0 Å². The predicted octanol–water partition coefficient (Wildman–Crippen LogP) is 3.35. The first-order valence-electron chi connectivity index (χ1n) is 5.44. The van der Waals surface area contributed by atoms with Crippen molar-refractivity contribution in [3.63, 3.8) is 0 Å². The molecule has 0 amide bonds. The largest absolute Gasteiger partial charge is 0.490 e. The van der Waals surface area contributed by atoms with Crippen molar-refractivity contribution in [2.45, 2.75) is 26.4 Å². The number of halogens is 1. The van der Waals surface area contributed by atoms with Crippen LogP contribution < -0.4 is 4.74 Å². The van der Waals surface area contributed by atoms with E-state index < -0.39 is 0 Å². The predicted molar refractivity (Wildman–Crippen MR) is 68.0 cm³/mol. The van der Waals surface area contributed by atoms with Gasteiger partial charge in [0.25, 0.3) is 0 Å². The number of carbonyl (C=O) groups is 1. The van der Waals surface area contributed by atoms with Crippen LogP contribution in [0.2, 0.25) is 5.02 Å². The van der Waals surface area contributed by atoms with Crippen LogP contribution in [0.1, 0.15) is 31.1 Å². The molecule has 0 spiro atoms. The fourth-order valence-corrected chi connectivity index (χ4v) is 1.45. The summed E-state index contributed by atoms with van der Waals surface area (Å²) < 4.78 is 11.0. The van der Waals surface area contributed by atoms with Gasteiger partial charge in [0.05, 0.1) is 17.2 Å². The zero-order valence-corrected chi connectivity index (χ0v) is 11.1. The molecular weight excluding hydrogens is 240 g/mol. The Morgan fingerprint density at radius 2 is 2.00 bits per heavy atom. The van der Waals surface area contributed by atoms with Crippen LogP contribution >= 0.6 is 11.6 Å². The number of hydrogen-bond donors (Lipinski definition) is 0. The summed E-state index contributed by atoms with van der Waals surface area (Å²) in [6, 6.07) is 4.93. The van der Waals surface area contributed by atoms with E-state index in [2.05, 4.69) is 0 Å². The van der Waals surface area contributed by atoms with Crippen molar-refractivity contribution in [1.29, 1.82) is 0 Å². The highest BCUT2D eigenvalue weighted by Crippen LogP contribution is 2.24. The molecule has 1 aromatic carbocycles. The third-order valence-corrected chi connectivity index (χ3v) is 2.26. The summed E-state index contributed by atoms with van der Waals surface area (Å²) in [5.41, 5.74) is 0.363. The summed E-state index contributed by atoms with van der Waals surface area (Å²) in [4.78, 5) is 10.5. The topological polar surface area (TPSA) is 35.5 Å². The number of rotatable bonds is 5. The lowest BCUT2D eigenvalue weighted by atomic mass is 10.2. The SMILES string of the molecule is CC(C)(C)OCCOc1ccc(C=O)cc1Cl. The molecule has 0 aliphatic heterocycles. The Morgan fingerprint density at radius 3 is 2.53 bits per heavy atom. The first-order chi connectivity index (χ1) is 7.92. The van der Waals surface area contributed by atoms with Crippen LogP contribution in [-0.4, -0.2) is 25.1 Å². The van der Waals surface area contributed by atoms with Crippen LogP contribution in [0.3, 0.4) is 0 Å². The highest BCUT2D eigenvalue weighted by molar-refractivity contribution is 6.32. The Hall–Kier alpha value is -1.06. The maximum atomic E-state index is 10.5. The highest BCUT2D eigenvalue weighted by atomic mass is 35.5. The number of benzene rings is 1. The molecule has 0 aromatic heterocycles. The van der Waals surface area contributed by atoms with Crippen LogP contribution in [0.25, 0.3) is 0 Å². The van der Waals surface area contributed by atoms with Gasteiger partial charge in [0.2, 0.25) is 0 Å². The van der Waals surface area contributed by atoms with Crippen LogP contribution in [0.4, 0.5) is 0 Å². The molecule has 0 aliphatic carbocycles. The smallest absolute Gasteiger partial charge is 0.150 e. The van der Waals surface area contributed by atoms with E-state index in [9.17, 15) is 4.79 Å². The molecule has 1 aromatic rings. The maximum absolute atomic E-state index is 10.5. The van der Waals surface area contributed by atoms with Gasteiger partial charge in [-0.15, -0.1) is 0 Å². The van der Waals surface area contributed by atoms with Gasteiger partial charge in [-0.05, 0) is 39.0 Å². The summed E-state index contributed by atoms with van der Waals surface area (Å²) in [6.07, 6.45) is 0.748. The summed E-state index contributed by atoms with van der Waals surface area (Å²) >= 11 is 5.95.